The molecular weight excluding hydrogens is 345 g/mol. The number of aromatic nitrogens is 3. The SMILES string of the molecule is Cc1cc(-n2ccc(NC(=O)C3(c4ccccc4F)CC3)n2)cc(C#N)n1. The molecule has 0 saturated heterocycles. The number of hydrogen-bond acceptors (Lipinski definition) is 4. The first-order chi connectivity index (χ1) is 13.0. The van der Waals surface area contributed by atoms with E-state index in [1.54, 1.807) is 54.2 Å². The molecule has 1 N–H and O–H groups in total. The van der Waals surface area contributed by atoms with Crippen LogP contribution in [0.5, 0.6) is 0 Å². The summed E-state index contributed by atoms with van der Waals surface area (Å²) in [6, 6.07) is 13.5. The summed E-state index contributed by atoms with van der Waals surface area (Å²) < 4.78 is 15.7. The third-order valence-corrected chi connectivity index (χ3v) is 4.72. The first-order valence-electron chi connectivity index (χ1n) is 8.53. The van der Waals surface area contributed by atoms with Crippen molar-refractivity contribution in [1.29, 1.82) is 5.26 Å². The lowest BCUT2D eigenvalue weighted by Gasteiger charge is -2.15. The van der Waals surface area contributed by atoms with E-state index in [0.29, 0.717) is 41.3 Å². The fourth-order valence-corrected chi connectivity index (χ4v) is 3.20. The summed E-state index contributed by atoms with van der Waals surface area (Å²) >= 11 is 0. The highest BCUT2D eigenvalue weighted by Crippen LogP contribution is 2.49. The number of benzene rings is 1. The Bertz CT molecular complexity index is 1080. The van der Waals surface area contributed by atoms with Crippen molar-refractivity contribution in [3.8, 4) is 11.8 Å². The molecule has 1 aromatic carbocycles. The molecule has 0 radical (unpaired) electrons. The van der Waals surface area contributed by atoms with Crippen LogP contribution < -0.4 is 5.32 Å². The second kappa shape index (κ2) is 6.32. The van der Waals surface area contributed by atoms with Gasteiger partial charge in [-0.3, -0.25) is 4.79 Å². The Morgan fingerprint density at radius 1 is 1.30 bits per heavy atom. The molecule has 4 rings (SSSR count). The zero-order chi connectivity index (χ0) is 19.0. The van der Waals surface area contributed by atoms with Crippen LogP contribution in [0.2, 0.25) is 0 Å². The van der Waals surface area contributed by atoms with Gasteiger partial charge < -0.3 is 5.32 Å². The van der Waals surface area contributed by atoms with Gasteiger partial charge in [-0.2, -0.15) is 10.4 Å². The number of nitrogens with one attached hydrogen (secondary N) is 1. The summed E-state index contributed by atoms with van der Waals surface area (Å²) in [7, 11) is 0. The van der Waals surface area contributed by atoms with Crippen LogP contribution >= 0.6 is 0 Å². The van der Waals surface area contributed by atoms with Gasteiger partial charge in [-0.1, -0.05) is 18.2 Å². The zero-order valence-electron chi connectivity index (χ0n) is 14.6. The molecule has 6 nitrogen and oxygen atoms in total. The maximum atomic E-state index is 14.1. The molecule has 1 aliphatic rings. The van der Waals surface area contributed by atoms with E-state index in [9.17, 15) is 9.18 Å². The molecule has 2 heterocycles. The predicted molar refractivity (Wildman–Crippen MR) is 96.8 cm³/mol. The van der Waals surface area contributed by atoms with Crippen molar-refractivity contribution in [3.05, 3.63) is 71.4 Å². The number of hydrogen-bond donors (Lipinski definition) is 1. The van der Waals surface area contributed by atoms with Crippen LogP contribution in [0.15, 0.2) is 48.7 Å². The van der Waals surface area contributed by atoms with Crippen LogP contribution in [0.25, 0.3) is 5.69 Å². The molecule has 7 heteroatoms. The van der Waals surface area contributed by atoms with Crippen molar-refractivity contribution in [2.45, 2.75) is 25.2 Å². The molecule has 0 bridgehead atoms. The van der Waals surface area contributed by atoms with Gasteiger partial charge in [0, 0.05) is 29.6 Å². The van der Waals surface area contributed by atoms with Gasteiger partial charge in [-0.05, 0) is 31.9 Å². The number of carbonyl (C=O) groups excluding carboxylic acids is 1. The van der Waals surface area contributed by atoms with Crippen molar-refractivity contribution in [2.24, 2.45) is 0 Å². The number of aryl methyl sites for hydroxylation is 1. The Morgan fingerprint density at radius 3 is 2.78 bits per heavy atom. The van der Waals surface area contributed by atoms with Crippen molar-refractivity contribution < 1.29 is 9.18 Å². The van der Waals surface area contributed by atoms with Gasteiger partial charge in [0.05, 0.1) is 11.1 Å². The molecule has 0 unspecified atom stereocenters. The Hall–Kier alpha value is -3.53. The Balaban J connectivity index is 1.57. The Kier molecular flexibility index (Phi) is 3.96. The first kappa shape index (κ1) is 16.9. The number of nitrogens with zero attached hydrogens (tertiary/aromatic N) is 4. The van der Waals surface area contributed by atoms with E-state index >= 15 is 0 Å². The highest BCUT2D eigenvalue weighted by atomic mass is 19.1. The molecule has 1 amide bonds. The van der Waals surface area contributed by atoms with E-state index in [0.717, 1.165) is 0 Å². The fraction of sp³-hybridized carbons (Fsp3) is 0.200. The summed E-state index contributed by atoms with van der Waals surface area (Å²) in [6.07, 6.45) is 2.90. The smallest absolute Gasteiger partial charge is 0.236 e. The minimum atomic E-state index is -0.823. The van der Waals surface area contributed by atoms with E-state index in [1.807, 2.05) is 6.07 Å². The van der Waals surface area contributed by atoms with Crippen LogP contribution in [-0.4, -0.2) is 20.7 Å². The Labute approximate surface area is 155 Å². The zero-order valence-corrected chi connectivity index (χ0v) is 14.6. The summed E-state index contributed by atoms with van der Waals surface area (Å²) in [5.74, 6) is -0.260. The van der Waals surface area contributed by atoms with Crippen LogP contribution in [0.3, 0.4) is 0 Å². The maximum Gasteiger partial charge on any atom is 0.236 e. The molecule has 0 aliphatic heterocycles. The van der Waals surface area contributed by atoms with Gasteiger partial charge in [0.15, 0.2) is 5.82 Å². The van der Waals surface area contributed by atoms with Gasteiger partial charge in [-0.15, -0.1) is 0 Å². The van der Waals surface area contributed by atoms with Crippen LogP contribution in [0, 0.1) is 24.1 Å². The minimum absolute atomic E-state index is 0.263. The fourth-order valence-electron chi connectivity index (χ4n) is 3.20. The lowest BCUT2D eigenvalue weighted by atomic mass is 9.94. The highest BCUT2D eigenvalue weighted by molar-refractivity contribution is 6.00. The minimum Gasteiger partial charge on any atom is -0.308 e. The molecule has 134 valence electrons. The molecule has 1 saturated carbocycles. The number of nitriles is 1. The van der Waals surface area contributed by atoms with Gasteiger partial charge in [0.1, 0.15) is 17.6 Å². The number of halogens is 1. The Morgan fingerprint density at radius 2 is 2.07 bits per heavy atom. The number of anilines is 1. The molecule has 1 aliphatic carbocycles. The molecule has 0 atom stereocenters. The van der Waals surface area contributed by atoms with Gasteiger partial charge in [0.25, 0.3) is 0 Å². The van der Waals surface area contributed by atoms with Crippen LogP contribution in [-0.2, 0) is 10.2 Å². The van der Waals surface area contributed by atoms with Gasteiger partial charge in [0.2, 0.25) is 5.91 Å². The topological polar surface area (TPSA) is 83.6 Å². The van der Waals surface area contributed by atoms with Crippen molar-refractivity contribution in [3.63, 3.8) is 0 Å². The average Bonchev–Trinajstić information content (AvgIpc) is 3.34. The van der Waals surface area contributed by atoms with E-state index in [2.05, 4.69) is 15.4 Å². The number of amides is 1. The lowest BCUT2D eigenvalue weighted by molar-refractivity contribution is -0.118. The molecule has 27 heavy (non-hydrogen) atoms. The first-order valence-corrected chi connectivity index (χ1v) is 8.53. The highest BCUT2D eigenvalue weighted by Gasteiger charge is 2.52. The quantitative estimate of drug-likeness (QED) is 0.773. The standard InChI is InChI=1S/C20H16FN5O/c1-13-10-15(11-14(12-22)23-13)26-9-6-18(25-26)24-19(27)20(7-8-20)16-4-2-3-5-17(16)21/h2-6,9-11H,7-8H2,1H3,(H,24,25,27). The summed E-state index contributed by atoms with van der Waals surface area (Å²) in [5, 5.41) is 16.2. The van der Waals surface area contributed by atoms with E-state index in [4.69, 9.17) is 5.26 Å². The number of carbonyl (C=O) groups is 1. The predicted octanol–water partition coefficient (Wildman–Crippen LogP) is 3.26. The van der Waals surface area contributed by atoms with Crippen molar-refractivity contribution in [2.75, 3.05) is 5.32 Å². The second-order valence-electron chi connectivity index (χ2n) is 6.63. The molecule has 2 aromatic heterocycles. The lowest BCUT2D eigenvalue weighted by Crippen LogP contribution is -2.29. The largest absolute Gasteiger partial charge is 0.308 e. The van der Waals surface area contributed by atoms with Crippen LogP contribution in [0.1, 0.15) is 29.8 Å². The molecule has 3 aromatic rings. The van der Waals surface area contributed by atoms with Gasteiger partial charge >= 0.3 is 0 Å². The third-order valence-electron chi connectivity index (χ3n) is 4.72. The third kappa shape index (κ3) is 3.06. The van der Waals surface area contributed by atoms with Crippen molar-refractivity contribution in [1.82, 2.24) is 14.8 Å². The van der Waals surface area contributed by atoms with Gasteiger partial charge in [-0.25, -0.2) is 14.1 Å². The number of pyridine rings is 1. The summed E-state index contributed by atoms with van der Waals surface area (Å²) in [4.78, 5) is 16.9. The summed E-state index contributed by atoms with van der Waals surface area (Å²) in [5.41, 5.74) is 1.26. The van der Waals surface area contributed by atoms with Crippen molar-refractivity contribution >= 4 is 11.7 Å². The molecular formula is C20H16FN5O. The monoisotopic (exact) mass is 361 g/mol. The van der Waals surface area contributed by atoms with Crippen LogP contribution in [0.4, 0.5) is 10.2 Å². The maximum absolute atomic E-state index is 14.1. The van der Waals surface area contributed by atoms with E-state index < -0.39 is 5.41 Å². The van der Waals surface area contributed by atoms with E-state index in [-0.39, 0.29) is 11.7 Å². The van der Waals surface area contributed by atoms with E-state index in [1.165, 1.54) is 6.07 Å². The summed E-state index contributed by atoms with van der Waals surface area (Å²) in [6.45, 7) is 1.79. The molecule has 1 fully saturated rings. The second-order valence-corrected chi connectivity index (χ2v) is 6.63. The average molecular weight is 361 g/mol. The normalized spacial score (nSPS) is 14.4. The molecule has 0 spiro atoms. The number of rotatable bonds is 4.